The Morgan fingerprint density at radius 1 is 1.33 bits per heavy atom. The molecule has 144 valence electrons. The second kappa shape index (κ2) is 8.41. The highest BCUT2D eigenvalue weighted by atomic mass is 35.5. The first-order chi connectivity index (χ1) is 12.9. The highest BCUT2D eigenvalue weighted by Crippen LogP contribution is 2.24. The minimum atomic E-state index is -0.535. The minimum Gasteiger partial charge on any atom is -0.347 e. The molecule has 2 N–H and O–H groups in total. The van der Waals surface area contributed by atoms with Crippen molar-refractivity contribution in [2.24, 2.45) is 0 Å². The summed E-state index contributed by atoms with van der Waals surface area (Å²) in [6.45, 7) is 3.35. The monoisotopic (exact) mass is 427 g/mol. The number of aromatic amines is 1. The van der Waals surface area contributed by atoms with Crippen molar-refractivity contribution in [2.75, 3.05) is 6.54 Å². The highest BCUT2D eigenvalue weighted by molar-refractivity contribution is 7.71. The molecule has 0 saturated carbocycles. The van der Waals surface area contributed by atoms with Gasteiger partial charge in [-0.05, 0) is 50.2 Å². The van der Waals surface area contributed by atoms with Gasteiger partial charge in [-0.15, -0.1) is 0 Å². The number of nitrogens with one attached hydrogen (secondary N) is 2. The zero-order valence-corrected chi connectivity index (χ0v) is 17.0. The summed E-state index contributed by atoms with van der Waals surface area (Å²) in [5.41, 5.74) is 0.374. The molecule has 0 radical (unpaired) electrons. The maximum Gasteiger partial charge on any atom is 0.254 e. The van der Waals surface area contributed by atoms with Gasteiger partial charge in [-0.25, -0.2) is 0 Å². The summed E-state index contributed by atoms with van der Waals surface area (Å²) in [4.78, 5) is 27.1. The molecule has 7 nitrogen and oxygen atoms in total. The van der Waals surface area contributed by atoms with Crippen LogP contribution in [0.1, 0.15) is 35.9 Å². The number of rotatable bonds is 5. The molecular weight excluding hydrogens is 409 g/mol. The molecule has 1 aliphatic rings. The van der Waals surface area contributed by atoms with E-state index in [4.69, 9.17) is 35.4 Å². The standard InChI is InChI=1S/C17H19Cl2N5O2S/c1-2-23-14(21-22-17(23)27)9-20-15(25)13-4-3-5-24(13)16(26)10-6-11(18)8-12(19)7-10/h6-8,13H,2-5,9H2,1H3,(H,20,25)(H,22,27). The highest BCUT2D eigenvalue weighted by Gasteiger charge is 2.34. The van der Waals surface area contributed by atoms with Crippen LogP contribution in [-0.4, -0.2) is 44.1 Å². The number of carbonyl (C=O) groups excluding carboxylic acids is 2. The second-order valence-corrected chi connectivity index (χ2v) is 7.48. The van der Waals surface area contributed by atoms with E-state index in [1.807, 2.05) is 6.92 Å². The van der Waals surface area contributed by atoms with Crippen LogP contribution in [0.15, 0.2) is 18.2 Å². The Hall–Kier alpha value is -1.90. The Kier molecular flexibility index (Phi) is 6.18. The van der Waals surface area contributed by atoms with Crippen LogP contribution in [0.5, 0.6) is 0 Å². The first-order valence-electron chi connectivity index (χ1n) is 8.59. The van der Waals surface area contributed by atoms with E-state index in [-0.39, 0.29) is 18.4 Å². The number of halogens is 2. The zero-order chi connectivity index (χ0) is 19.6. The molecule has 27 heavy (non-hydrogen) atoms. The van der Waals surface area contributed by atoms with Crippen molar-refractivity contribution in [3.05, 3.63) is 44.4 Å². The van der Waals surface area contributed by atoms with Gasteiger partial charge in [0, 0.05) is 28.7 Å². The molecule has 1 aromatic heterocycles. The number of H-pyrrole nitrogens is 1. The van der Waals surface area contributed by atoms with Crippen molar-refractivity contribution >= 4 is 47.2 Å². The lowest BCUT2D eigenvalue weighted by Gasteiger charge is -2.24. The molecule has 1 fully saturated rings. The van der Waals surface area contributed by atoms with E-state index in [1.165, 1.54) is 0 Å². The largest absolute Gasteiger partial charge is 0.347 e. The molecule has 1 saturated heterocycles. The number of likely N-dealkylation sites (tertiary alicyclic amines) is 1. The first-order valence-corrected chi connectivity index (χ1v) is 9.76. The summed E-state index contributed by atoms with van der Waals surface area (Å²) in [5, 5.41) is 10.5. The quantitative estimate of drug-likeness (QED) is 0.717. The Labute approximate surface area is 171 Å². The van der Waals surface area contributed by atoms with E-state index < -0.39 is 6.04 Å². The first kappa shape index (κ1) is 19.9. The Morgan fingerprint density at radius 2 is 2.04 bits per heavy atom. The molecule has 1 aromatic carbocycles. The Bertz CT molecular complexity index is 906. The van der Waals surface area contributed by atoms with Crippen LogP contribution in [0, 0.1) is 4.77 Å². The molecule has 2 amide bonds. The van der Waals surface area contributed by atoms with Gasteiger partial charge < -0.3 is 14.8 Å². The van der Waals surface area contributed by atoms with Gasteiger partial charge in [-0.3, -0.25) is 14.7 Å². The van der Waals surface area contributed by atoms with Gasteiger partial charge in [0.15, 0.2) is 10.6 Å². The fourth-order valence-corrected chi connectivity index (χ4v) is 4.03. The van der Waals surface area contributed by atoms with Gasteiger partial charge in [0.2, 0.25) is 5.91 Å². The number of hydrogen-bond acceptors (Lipinski definition) is 4. The SMILES string of the molecule is CCn1c(CNC(=O)C2CCCN2C(=O)c2cc(Cl)cc(Cl)c2)n[nH]c1=S. The fourth-order valence-electron chi connectivity index (χ4n) is 3.22. The average molecular weight is 428 g/mol. The molecule has 1 unspecified atom stereocenters. The van der Waals surface area contributed by atoms with Crippen LogP contribution in [0.3, 0.4) is 0 Å². The molecular formula is C17H19Cl2N5O2S. The Morgan fingerprint density at radius 3 is 2.70 bits per heavy atom. The predicted octanol–water partition coefficient (Wildman–Crippen LogP) is 3.19. The number of amides is 2. The van der Waals surface area contributed by atoms with Gasteiger partial charge in [-0.1, -0.05) is 23.2 Å². The average Bonchev–Trinajstić information content (AvgIpc) is 3.24. The molecule has 0 aliphatic carbocycles. The third kappa shape index (κ3) is 4.34. The van der Waals surface area contributed by atoms with Crippen LogP contribution < -0.4 is 5.32 Å². The van der Waals surface area contributed by atoms with Gasteiger partial charge in [0.1, 0.15) is 6.04 Å². The van der Waals surface area contributed by atoms with Crippen molar-refractivity contribution in [1.82, 2.24) is 25.0 Å². The molecule has 2 aromatic rings. The third-order valence-electron chi connectivity index (χ3n) is 4.50. The minimum absolute atomic E-state index is 0.217. The van der Waals surface area contributed by atoms with Gasteiger partial charge in [0.25, 0.3) is 5.91 Å². The van der Waals surface area contributed by atoms with Gasteiger partial charge in [0.05, 0.1) is 6.54 Å². The number of benzene rings is 1. The molecule has 0 spiro atoms. The molecule has 1 aliphatic heterocycles. The van der Waals surface area contributed by atoms with Gasteiger partial charge >= 0.3 is 0 Å². The van der Waals surface area contributed by atoms with Crippen LogP contribution in [0.4, 0.5) is 0 Å². The van der Waals surface area contributed by atoms with E-state index in [2.05, 4.69) is 15.5 Å². The molecule has 10 heteroatoms. The molecule has 2 heterocycles. The van der Waals surface area contributed by atoms with Crippen molar-refractivity contribution in [3.8, 4) is 0 Å². The summed E-state index contributed by atoms with van der Waals surface area (Å²) in [6, 6.07) is 4.14. The number of carbonyl (C=O) groups is 2. The van der Waals surface area contributed by atoms with Crippen LogP contribution in [-0.2, 0) is 17.9 Å². The van der Waals surface area contributed by atoms with Crippen LogP contribution >= 0.6 is 35.4 Å². The smallest absolute Gasteiger partial charge is 0.254 e. The van der Waals surface area contributed by atoms with E-state index in [1.54, 1.807) is 27.7 Å². The number of nitrogens with zero attached hydrogens (tertiary/aromatic N) is 3. The van der Waals surface area contributed by atoms with Crippen LogP contribution in [0.2, 0.25) is 10.0 Å². The number of aromatic nitrogens is 3. The summed E-state index contributed by atoms with van der Waals surface area (Å²) >= 11 is 17.1. The van der Waals surface area contributed by atoms with Crippen molar-refractivity contribution in [1.29, 1.82) is 0 Å². The molecule has 0 bridgehead atoms. The maximum absolute atomic E-state index is 12.8. The van der Waals surface area contributed by atoms with E-state index >= 15 is 0 Å². The third-order valence-corrected chi connectivity index (χ3v) is 5.25. The lowest BCUT2D eigenvalue weighted by Crippen LogP contribution is -2.46. The summed E-state index contributed by atoms with van der Waals surface area (Å²) in [6.07, 6.45) is 1.36. The normalized spacial score (nSPS) is 16.6. The van der Waals surface area contributed by atoms with Gasteiger partial charge in [-0.2, -0.15) is 5.10 Å². The van der Waals surface area contributed by atoms with Crippen molar-refractivity contribution in [2.45, 2.75) is 38.9 Å². The molecule has 3 rings (SSSR count). The lowest BCUT2D eigenvalue weighted by atomic mass is 10.1. The topological polar surface area (TPSA) is 83.0 Å². The molecule has 1 atom stereocenters. The second-order valence-electron chi connectivity index (χ2n) is 6.22. The van der Waals surface area contributed by atoms with Crippen LogP contribution in [0.25, 0.3) is 0 Å². The van der Waals surface area contributed by atoms with E-state index in [0.717, 1.165) is 6.42 Å². The summed E-state index contributed by atoms with van der Waals surface area (Å²) in [5.74, 6) is 0.173. The summed E-state index contributed by atoms with van der Waals surface area (Å²) in [7, 11) is 0. The zero-order valence-electron chi connectivity index (χ0n) is 14.7. The fraction of sp³-hybridized carbons (Fsp3) is 0.412. The van der Waals surface area contributed by atoms with E-state index in [0.29, 0.717) is 45.7 Å². The number of hydrogen-bond donors (Lipinski definition) is 2. The Balaban J connectivity index is 1.70. The maximum atomic E-state index is 12.8. The van der Waals surface area contributed by atoms with Crippen molar-refractivity contribution < 1.29 is 9.59 Å². The lowest BCUT2D eigenvalue weighted by molar-refractivity contribution is -0.125. The predicted molar refractivity (Wildman–Crippen MR) is 105 cm³/mol. The summed E-state index contributed by atoms with van der Waals surface area (Å²) < 4.78 is 2.32. The van der Waals surface area contributed by atoms with Crippen molar-refractivity contribution in [3.63, 3.8) is 0 Å². The van der Waals surface area contributed by atoms with E-state index in [9.17, 15) is 9.59 Å².